The summed E-state index contributed by atoms with van der Waals surface area (Å²) in [5.74, 6) is -0.541. The Bertz CT molecular complexity index is 3230. The van der Waals surface area contributed by atoms with Gasteiger partial charge in [-0.25, -0.2) is 15.0 Å². The van der Waals surface area contributed by atoms with Gasteiger partial charge in [-0.3, -0.25) is 0 Å². The van der Waals surface area contributed by atoms with Crippen LogP contribution in [0.25, 0.3) is 87.4 Å². The monoisotopic (exact) mass is 594 g/mol. The molecule has 0 atom stereocenters. The molecule has 5 heteroatoms. The first kappa shape index (κ1) is 15.2. The van der Waals surface area contributed by atoms with Crippen LogP contribution in [0.2, 0.25) is 0 Å². The maximum atomic E-state index is 9.39. The summed E-state index contributed by atoms with van der Waals surface area (Å²) in [5.41, 5.74) is 0.464. The van der Waals surface area contributed by atoms with Gasteiger partial charge in [0.25, 0.3) is 0 Å². The van der Waals surface area contributed by atoms with Gasteiger partial charge in [-0.15, -0.1) is 11.3 Å². The van der Waals surface area contributed by atoms with E-state index in [0.29, 0.717) is 11.1 Å². The number of fused-ring (bicyclic) bond motifs is 6. The Morgan fingerprint density at radius 1 is 0.500 bits per heavy atom. The lowest BCUT2D eigenvalue weighted by Gasteiger charge is -2.08. The van der Waals surface area contributed by atoms with Crippen molar-refractivity contribution in [3.63, 3.8) is 0 Å². The molecule has 0 amide bonds. The molecule has 3 heterocycles. The maximum absolute atomic E-state index is 9.39. The van der Waals surface area contributed by atoms with Gasteiger partial charge in [-0.05, 0) is 29.7 Å². The summed E-state index contributed by atoms with van der Waals surface area (Å²) in [4.78, 5) is 13.8. The fraction of sp³-hybridized carbons (Fsp3) is 0. The van der Waals surface area contributed by atoms with Crippen LogP contribution in [0.1, 0.15) is 17.8 Å². The van der Waals surface area contributed by atoms with Crippen molar-refractivity contribution in [2.45, 2.75) is 0 Å². The average molecular weight is 595 g/mol. The van der Waals surface area contributed by atoms with Gasteiger partial charge in [0.05, 0.1) is 17.8 Å². The van der Waals surface area contributed by atoms with Crippen LogP contribution in [0, 0.1) is 0 Å². The highest BCUT2D eigenvalue weighted by Gasteiger charge is 2.17. The quantitative estimate of drug-likeness (QED) is 0.203. The number of benzene rings is 6. The summed E-state index contributed by atoms with van der Waals surface area (Å²) in [5, 5.41) is -0.0161. The highest BCUT2D eigenvalue weighted by Crippen LogP contribution is 2.38. The Labute approximate surface area is 275 Å². The van der Waals surface area contributed by atoms with Crippen molar-refractivity contribution in [1.82, 2.24) is 15.0 Å². The van der Waals surface area contributed by atoms with Crippen molar-refractivity contribution in [2.75, 3.05) is 0 Å². The molecule has 9 rings (SSSR count). The fourth-order valence-corrected chi connectivity index (χ4v) is 6.03. The Balaban J connectivity index is 1.36. The number of nitrogens with zero attached hydrogens (tertiary/aromatic N) is 3. The molecule has 0 N–H and O–H groups in total. The number of aromatic nitrogens is 3. The lowest BCUT2D eigenvalue weighted by atomic mass is 10.0. The van der Waals surface area contributed by atoms with Crippen molar-refractivity contribution < 1.29 is 22.2 Å². The predicted molar refractivity (Wildman–Crippen MR) is 182 cm³/mol. The number of thiophene rings is 1. The van der Waals surface area contributed by atoms with Crippen LogP contribution in [0.4, 0.5) is 0 Å². The van der Waals surface area contributed by atoms with Crippen LogP contribution >= 0.6 is 11.3 Å². The smallest absolute Gasteiger partial charge is 0.164 e. The zero-order chi connectivity index (χ0) is 40.3. The molecule has 9 aromatic rings. The van der Waals surface area contributed by atoms with E-state index >= 15 is 0 Å². The van der Waals surface area contributed by atoms with Crippen LogP contribution in [0.15, 0.2) is 144 Å². The molecule has 0 unspecified atom stereocenters. The molecule has 0 aliphatic carbocycles. The number of hydrogen-bond acceptors (Lipinski definition) is 5. The molecule has 206 valence electrons. The molecule has 0 radical (unpaired) electrons. The highest BCUT2D eigenvalue weighted by atomic mass is 32.1. The van der Waals surface area contributed by atoms with E-state index in [0.717, 1.165) is 11.3 Å². The van der Waals surface area contributed by atoms with E-state index in [-0.39, 0.29) is 94.4 Å². The third-order valence-electron chi connectivity index (χ3n) is 7.12. The van der Waals surface area contributed by atoms with Gasteiger partial charge in [-0.1, -0.05) is 115 Å². The van der Waals surface area contributed by atoms with Crippen LogP contribution < -0.4 is 0 Å². The summed E-state index contributed by atoms with van der Waals surface area (Å²) >= 11 is 0.886. The molecule has 44 heavy (non-hydrogen) atoms. The van der Waals surface area contributed by atoms with E-state index < -0.39 is 60.4 Å². The minimum atomic E-state index is -0.518. The molecule has 0 aliphatic heterocycles. The van der Waals surface area contributed by atoms with Crippen molar-refractivity contribution in [2.24, 2.45) is 0 Å². The first-order valence-corrected chi connectivity index (χ1v) is 14.3. The normalized spacial score (nSPS) is 15.8. The first-order chi connectivity index (χ1) is 27.2. The standard InChI is InChI=1S/C39H23N3OS/c1-3-10-24(11-4-1)28-15-9-16-32-29-20-18-26(22-33(29)43-36(28)32)38-40-37(25-12-5-2-6-13-25)41-39(42-38)27-19-21-31-30-14-7-8-17-34(30)44-35(31)23-27/h1-23H/i7D,8D,9D,14D,15D,16D,17D,18D,19D,20D,21D,22D,23D. The SMILES string of the molecule is [2H]c1c([2H])c([2H])c2c(oc3c([2H])c(-c4nc(-c5ccccc5)nc(-c5c([2H])c([2H])c6c(sc7c([2H])c([2H])c([2H])c([2H])c76)c5[2H])n4)c([2H])c([2H])c32)c1-c1ccccc1. The zero-order valence-electron chi connectivity index (χ0n) is 35.4. The molecule has 0 bridgehead atoms. The number of para-hydroxylation sites is 1. The molecule has 0 saturated heterocycles. The Morgan fingerprint density at radius 3 is 1.89 bits per heavy atom. The summed E-state index contributed by atoms with van der Waals surface area (Å²) < 4.78 is 121. The van der Waals surface area contributed by atoms with Gasteiger partial charge in [-0.2, -0.15) is 0 Å². The third-order valence-corrected chi connectivity index (χ3v) is 8.14. The molecule has 0 aliphatic rings. The van der Waals surface area contributed by atoms with Crippen LogP contribution in [0.5, 0.6) is 0 Å². The summed E-state index contributed by atoms with van der Waals surface area (Å²) in [6.07, 6.45) is 0. The van der Waals surface area contributed by atoms with Gasteiger partial charge in [0, 0.05) is 53.2 Å². The van der Waals surface area contributed by atoms with Gasteiger partial charge >= 0.3 is 0 Å². The van der Waals surface area contributed by atoms with E-state index in [1.807, 2.05) is 0 Å². The molecule has 0 saturated carbocycles. The van der Waals surface area contributed by atoms with E-state index in [2.05, 4.69) is 15.0 Å². The van der Waals surface area contributed by atoms with Crippen LogP contribution in [0.3, 0.4) is 0 Å². The lowest BCUT2D eigenvalue weighted by molar-refractivity contribution is 0.670. The minimum Gasteiger partial charge on any atom is -0.455 e. The lowest BCUT2D eigenvalue weighted by Crippen LogP contribution is -2.00. The molecule has 0 fully saturated rings. The molecule has 4 nitrogen and oxygen atoms in total. The Hall–Kier alpha value is -5.65. The number of rotatable bonds is 4. The molecule has 3 aromatic heterocycles. The maximum Gasteiger partial charge on any atom is 0.164 e. The highest BCUT2D eigenvalue weighted by molar-refractivity contribution is 7.25. The molecule has 6 aromatic carbocycles. The van der Waals surface area contributed by atoms with Crippen LogP contribution in [-0.4, -0.2) is 15.0 Å². The van der Waals surface area contributed by atoms with E-state index in [1.165, 1.54) is 0 Å². The number of furan rings is 1. The summed E-state index contributed by atoms with van der Waals surface area (Å²) in [6, 6.07) is 11.8. The minimum absolute atomic E-state index is 0.00103. The molecule has 0 spiro atoms. The summed E-state index contributed by atoms with van der Waals surface area (Å²) in [7, 11) is 0. The zero-order valence-corrected chi connectivity index (χ0v) is 23.2. The summed E-state index contributed by atoms with van der Waals surface area (Å²) in [6.45, 7) is 0. The molecular formula is C39H23N3OS. The fourth-order valence-electron chi connectivity index (χ4n) is 5.06. The molecular weight excluding hydrogens is 559 g/mol. The second-order valence-corrected chi connectivity index (χ2v) is 10.8. The second-order valence-electron chi connectivity index (χ2n) is 9.81. The third kappa shape index (κ3) is 4.09. The van der Waals surface area contributed by atoms with Gasteiger partial charge in [0.15, 0.2) is 17.5 Å². The van der Waals surface area contributed by atoms with Gasteiger partial charge in [0.2, 0.25) is 0 Å². The van der Waals surface area contributed by atoms with Crippen molar-refractivity contribution in [1.29, 1.82) is 0 Å². The van der Waals surface area contributed by atoms with Crippen molar-refractivity contribution in [3.8, 4) is 45.3 Å². The Kier molecular flexibility index (Phi) is 3.44. The van der Waals surface area contributed by atoms with E-state index in [4.69, 9.17) is 16.8 Å². The largest absolute Gasteiger partial charge is 0.455 e. The van der Waals surface area contributed by atoms with E-state index in [1.54, 1.807) is 60.7 Å². The Morgan fingerprint density at radius 2 is 1.11 bits per heavy atom. The second kappa shape index (κ2) is 9.97. The van der Waals surface area contributed by atoms with Gasteiger partial charge < -0.3 is 4.42 Å². The first-order valence-electron chi connectivity index (χ1n) is 20.0. The van der Waals surface area contributed by atoms with Gasteiger partial charge in [0.1, 0.15) is 11.2 Å². The van der Waals surface area contributed by atoms with Crippen molar-refractivity contribution >= 4 is 53.4 Å². The van der Waals surface area contributed by atoms with Crippen LogP contribution in [-0.2, 0) is 0 Å². The average Bonchev–Trinajstić information content (AvgIpc) is 3.82. The van der Waals surface area contributed by atoms with E-state index in [9.17, 15) is 5.48 Å². The predicted octanol–water partition coefficient (Wildman–Crippen LogP) is 10.8. The van der Waals surface area contributed by atoms with Crippen molar-refractivity contribution in [3.05, 3.63) is 139 Å². The topological polar surface area (TPSA) is 51.8 Å². The number of hydrogen-bond donors (Lipinski definition) is 0.